The zero-order valence-electron chi connectivity index (χ0n) is 17.8. The van der Waals surface area contributed by atoms with Crippen molar-refractivity contribution in [2.24, 2.45) is 0 Å². The molecule has 0 fully saturated rings. The highest BCUT2D eigenvalue weighted by Crippen LogP contribution is 2.34. The van der Waals surface area contributed by atoms with Crippen molar-refractivity contribution in [2.75, 3.05) is 11.1 Å². The van der Waals surface area contributed by atoms with E-state index >= 15 is 0 Å². The molecular weight excluding hydrogens is 467 g/mol. The fraction of sp³-hybridized carbons (Fsp3) is 0.217. The van der Waals surface area contributed by atoms with E-state index in [0.717, 1.165) is 23.4 Å². The monoisotopic (exact) mass is 485 g/mol. The maximum absolute atomic E-state index is 13.3. The SMILES string of the molecule is Cc1ccccc1-n1ncc2c(=O)n3c(nc21)SCC3CC(=O)Nc1cccc(C(F)(F)F)c1. The van der Waals surface area contributed by atoms with Crippen LogP contribution in [0.15, 0.2) is 64.7 Å². The van der Waals surface area contributed by atoms with Gasteiger partial charge in [0.15, 0.2) is 10.8 Å². The summed E-state index contributed by atoms with van der Waals surface area (Å²) in [4.78, 5) is 30.5. The van der Waals surface area contributed by atoms with Crippen LogP contribution in [-0.4, -0.2) is 31.0 Å². The first-order valence-corrected chi connectivity index (χ1v) is 11.4. The van der Waals surface area contributed by atoms with Crippen molar-refractivity contribution >= 4 is 34.4 Å². The molecule has 0 saturated carbocycles. The zero-order valence-corrected chi connectivity index (χ0v) is 18.7. The lowest BCUT2D eigenvalue weighted by Gasteiger charge is -2.14. The van der Waals surface area contributed by atoms with E-state index < -0.39 is 23.7 Å². The van der Waals surface area contributed by atoms with Crippen LogP contribution in [0.3, 0.4) is 0 Å². The smallest absolute Gasteiger partial charge is 0.326 e. The number of hydrogen-bond acceptors (Lipinski definition) is 5. The van der Waals surface area contributed by atoms with Crippen LogP contribution >= 0.6 is 11.8 Å². The normalized spacial score (nSPS) is 15.5. The van der Waals surface area contributed by atoms with Gasteiger partial charge in [0.1, 0.15) is 5.39 Å². The van der Waals surface area contributed by atoms with E-state index in [9.17, 15) is 22.8 Å². The van der Waals surface area contributed by atoms with E-state index in [1.165, 1.54) is 34.7 Å². The number of para-hydroxylation sites is 1. The summed E-state index contributed by atoms with van der Waals surface area (Å²) in [6.45, 7) is 1.94. The van der Waals surface area contributed by atoms with Gasteiger partial charge in [-0.3, -0.25) is 14.2 Å². The molecule has 11 heteroatoms. The van der Waals surface area contributed by atoms with E-state index in [-0.39, 0.29) is 17.7 Å². The third-order valence-electron chi connectivity index (χ3n) is 5.61. The second-order valence-electron chi connectivity index (χ2n) is 7.95. The van der Waals surface area contributed by atoms with Crippen molar-refractivity contribution in [3.05, 3.63) is 76.2 Å². The van der Waals surface area contributed by atoms with Crippen molar-refractivity contribution in [3.8, 4) is 5.69 Å². The van der Waals surface area contributed by atoms with Gasteiger partial charge < -0.3 is 5.32 Å². The van der Waals surface area contributed by atoms with Crippen LogP contribution in [0.25, 0.3) is 16.7 Å². The number of amides is 1. The number of hydrogen-bond donors (Lipinski definition) is 1. The second-order valence-corrected chi connectivity index (χ2v) is 8.93. The van der Waals surface area contributed by atoms with Crippen molar-refractivity contribution < 1.29 is 18.0 Å². The molecule has 0 saturated heterocycles. The van der Waals surface area contributed by atoms with Crippen LogP contribution in [0.5, 0.6) is 0 Å². The lowest BCUT2D eigenvalue weighted by Crippen LogP contribution is -2.27. The predicted octanol–water partition coefficient (Wildman–Crippen LogP) is 4.59. The maximum atomic E-state index is 13.3. The average Bonchev–Trinajstić information content (AvgIpc) is 3.39. The van der Waals surface area contributed by atoms with Gasteiger partial charge in [0, 0.05) is 17.9 Å². The Kier molecular flexibility index (Phi) is 5.43. The molecular formula is C23H18F3N5O2S. The van der Waals surface area contributed by atoms with Gasteiger partial charge in [-0.15, -0.1) is 0 Å². The molecule has 4 aromatic rings. The number of halogens is 3. The van der Waals surface area contributed by atoms with Gasteiger partial charge in [-0.1, -0.05) is 36.0 Å². The fourth-order valence-electron chi connectivity index (χ4n) is 3.96. The summed E-state index contributed by atoms with van der Waals surface area (Å²) in [5, 5.41) is 7.67. The first-order chi connectivity index (χ1) is 16.2. The maximum Gasteiger partial charge on any atom is 0.416 e. The number of aromatic nitrogens is 4. The minimum atomic E-state index is -4.51. The summed E-state index contributed by atoms with van der Waals surface area (Å²) < 4.78 is 41.9. The quantitative estimate of drug-likeness (QED) is 0.428. The second kappa shape index (κ2) is 8.32. The summed E-state index contributed by atoms with van der Waals surface area (Å²) in [7, 11) is 0. The molecule has 1 unspecified atom stereocenters. The Labute approximate surface area is 195 Å². The molecule has 1 atom stereocenters. The molecule has 7 nitrogen and oxygen atoms in total. The third kappa shape index (κ3) is 3.96. The van der Waals surface area contributed by atoms with E-state index in [2.05, 4.69) is 15.4 Å². The summed E-state index contributed by atoms with van der Waals surface area (Å²) in [5.41, 5.74) is 1.13. The Balaban J connectivity index is 1.41. The molecule has 34 heavy (non-hydrogen) atoms. The van der Waals surface area contributed by atoms with Gasteiger partial charge >= 0.3 is 6.18 Å². The number of benzene rings is 2. The Morgan fingerprint density at radius 3 is 2.76 bits per heavy atom. The molecule has 1 amide bonds. The molecule has 0 aliphatic carbocycles. The molecule has 1 aliphatic heterocycles. The predicted molar refractivity (Wildman–Crippen MR) is 122 cm³/mol. The molecule has 3 heterocycles. The number of carbonyl (C=O) groups excluding carboxylic acids is 1. The Morgan fingerprint density at radius 2 is 2.00 bits per heavy atom. The van der Waals surface area contributed by atoms with Crippen molar-refractivity contribution in [2.45, 2.75) is 30.7 Å². The molecule has 0 spiro atoms. The number of alkyl halides is 3. The van der Waals surface area contributed by atoms with Crippen LogP contribution in [0.2, 0.25) is 0 Å². The highest BCUT2D eigenvalue weighted by molar-refractivity contribution is 7.99. The Morgan fingerprint density at radius 1 is 1.21 bits per heavy atom. The number of anilines is 1. The number of nitrogens with one attached hydrogen (secondary N) is 1. The molecule has 0 bridgehead atoms. The number of fused-ring (bicyclic) bond motifs is 2. The number of rotatable bonds is 4. The van der Waals surface area contributed by atoms with E-state index in [0.29, 0.717) is 21.9 Å². The Bertz CT molecular complexity index is 1480. The number of aryl methyl sites for hydroxylation is 1. The zero-order chi connectivity index (χ0) is 24.0. The van der Waals surface area contributed by atoms with Gasteiger partial charge in [-0.2, -0.15) is 18.3 Å². The average molecular weight is 485 g/mol. The largest absolute Gasteiger partial charge is 0.416 e. The lowest BCUT2D eigenvalue weighted by molar-refractivity contribution is -0.137. The molecule has 2 aromatic carbocycles. The summed E-state index contributed by atoms with van der Waals surface area (Å²) in [5.74, 6) is -0.0387. The molecule has 0 radical (unpaired) electrons. The minimum absolute atomic E-state index is 0.0473. The first-order valence-electron chi connectivity index (χ1n) is 10.4. The first kappa shape index (κ1) is 22.2. The van der Waals surface area contributed by atoms with Crippen LogP contribution in [-0.2, 0) is 11.0 Å². The summed E-state index contributed by atoms with van der Waals surface area (Å²) in [6.07, 6.45) is -3.11. The highest BCUT2D eigenvalue weighted by Gasteiger charge is 2.32. The molecule has 1 aliphatic rings. The van der Waals surface area contributed by atoms with E-state index in [1.54, 1.807) is 4.68 Å². The molecule has 1 N–H and O–H groups in total. The van der Waals surface area contributed by atoms with Gasteiger partial charge in [-0.05, 0) is 36.8 Å². The third-order valence-corrected chi connectivity index (χ3v) is 6.71. The van der Waals surface area contributed by atoms with Crippen LogP contribution in [0.4, 0.5) is 18.9 Å². The van der Waals surface area contributed by atoms with Crippen LogP contribution in [0.1, 0.15) is 23.6 Å². The lowest BCUT2D eigenvalue weighted by atomic mass is 10.1. The van der Waals surface area contributed by atoms with Crippen LogP contribution < -0.4 is 10.9 Å². The van der Waals surface area contributed by atoms with E-state index in [1.807, 2.05) is 31.2 Å². The molecule has 174 valence electrons. The number of carbonyl (C=O) groups is 1. The molecule has 2 aromatic heterocycles. The summed E-state index contributed by atoms with van der Waals surface area (Å²) in [6, 6.07) is 11.6. The standard InChI is InChI=1S/C23H18F3N5O2S/c1-13-5-2-3-8-18(13)31-20-17(11-27-31)21(33)30-16(12-34-22(30)29-20)10-19(32)28-15-7-4-6-14(9-15)23(24,25)26/h2-9,11,16H,10,12H2,1H3,(H,28,32). The van der Waals surface area contributed by atoms with Crippen molar-refractivity contribution in [3.63, 3.8) is 0 Å². The minimum Gasteiger partial charge on any atom is -0.326 e. The summed E-state index contributed by atoms with van der Waals surface area (Å²) >= 11 is 1.35. The topological polar surface area (TPSA) is 81.8 Å². The van der Waals surface area contributed by atoms with Gasteiger partial charge in [0.05, 0.1) is 23.5 Å². The van der Waals surface area contributed by atoms with Gasteiger partial charge in [-0.25, -0.2) is 9.67 Å². The Hall–Kier alpha value is -3.60. The molecule has 5 rings (SSSR count). The van der Waals surface area contributed by atoms with Crippen LogP contribution in [0, 0.1) is 6.92 Å². The van der Waals surface area contributed by atoms with Crippen molar-refractivity contribution in [1.82, 2.24) is 19.3 Å². The number of nitrogens with zero attached hydrogens (tertiary/aromatic N) is 4. The van der Waals surface area contributed by atoms with Gasteiger partial charge in [0.2, 0.25) is 5.91 Å². The van der Waals surface area contributed by atoms with Crippen molar-refractivity contribution in [1.29, 1.82) is 0 Å². The number of thioether (sulfide) groups is 1. The van der Waals surface area contributed by atoms with Gasteiger partial charge in [0.25, 0.3) is 5.56 Å². The fourth-order valence-corrected chi connectivity index (χ4v) is 5.09. The highest BCUT2D eigenvalue weighted by atomic mass is 32.2. The van der Waals surface area contributed by atoms with E-state index in [4.69, 9.17) is 0 Å².